The predicted molar refractivity (Wildman–Crippen MR) is 95.6 cm³/mol. The van der Waals surface area contributed by atoms with Crippen LogP contribution < -0.4 is 4.74 Å². The minimum Gasteiger partial charge on any atom is -0.452 e. The highest BCUT2D eigenvalue weighted by Crippen LogP contribution is 2.18. The van der Waals surface area contributed by atoms with Crippen LogP contribution in [0.25, 0.3) is 0 Å². The molecule has 1 aromatic rings. The molecule has 0 N–H and O–H groups in total. The van der Waals surface area contributed by atoms with Crippen LogP contribution in [0.4, 0.5) is 13.2 Å². The third-order valence-electron chi connectivity index (χ3n) is 3.92. The summed E-state index contributed by atoms with van der Waals surface area (Å²) in [5.41, 5.74) is -0.0397. The number of unbranched alkanes of at least 4 members (excludes halogenated alkanes) is 7. The Bertz CT molecular complexity index is 568. The second-order valence-corrected chi connectivity index (χ2v) is 6.41. The van der Waals surface area contributed by atoms with Gasteiger partial charge in [-0.2, -0.15) is 13.2 Å². The Kier molecular flexibility index (Phi) is 10.5. The first kappa shape index (κ1) is 23.0. The van der Waals surface area contributed by atoms with Crippen LogP contribution in [0.15, 0.2) is 24.3 Å². The lowest BCUT2D eigenvalue weighted by Crippen LogP contribution is -2.20. The van der Waals surface area contributed by atoms with Crippen LogP contribution >= 0.6 is 0 Å². The van der Waals surface area contributed by atoms with E-state index in [4.69, 9.17) is 4.74 Å². The van der Waals surface area contributed by atoms with E-state index in [1.165, 1.54) is 56.4 Å². The van der Waals surface area contributed by atoms with Gasteiger partial charge in [-0.25, -0.2) is 4.79 Å². The van der Waals surface area contributed by atoms with Crippen molar-refractivity contribution in [1.29, 1.82) is 0 Å². The van der Waals surface area contributed by atoms with Crippen molar-refractivity contribution in [2.24, 2.45) is 0 Å². The molecule has 4 nitrogen and oxygen atoms in total. The van der Waals surface area contributed by atoms with Gasteiger partial charge in [-0.1, -0.05) is 51.9 Å². The van der Waals surface area contributed by atoms with E-state index < -0.39 is 18.8 Å². The number of rotatable bonds is 12. The summed E-state index contributed by atoms with van der Waals surface area (Å²) < 4.78 is 45.4. The number of hydrogen-bond acceptors (Lipinski definition) is 4. The molecule has 0 bridgehead atoms. The molecule has 0 aliphatic carbocycles. The van der Waals surface area contributed by atoms with Crippen LogP contribution in [-0.2, 0) is 9.53 Å². The van der Waals surface area contributed by atoms with E-state index in [2.05, 4.69) is 11.7 Å². The SMILES string of the molecule is CCCCCCCCCCC(=O)Oc1ccc(C(=O)OCC(F)(F)F)cc1. The van der Waals surface area contributed by atoms with E-state index >= 15 is 0 Å². The van der Waals surface area contributed by atoms with E-state index in [0.29, 0.717) is 6.42 Å². The van der Waals surface area contributed by atoms with Crippen molar-refractivity contribution in [3.05, 3.63) is 29.8 Å². The van der Waals surface area contributed by atoms with E-state index in [0.717, 1.165) is 19.3 Å². The molecule has 0 spiro atoms. The average molecular weight is 388 g/mol. The molecule has 7 heteroatoms. The molecule has 0 fully saturated rings. The molecule has 0 radical (unpaired) electrons. The normalized spacial score (nSPS) is 11.3. The van der Waals surface area contributed by atoms with Crippen molar-refractivity contribution < 1.29 is 32.2 Å². The zero-order valence-electron chi connectivity index (χ0n) is 15.6. The van der Waals surface area contributed by atoms with Gasteiger partial charge in [0.2, 0.25) is 0 Å². The maximum absolute atomic E-state index is 12.0. The number of esters is 2. The van der Waals surface area contributed by atoms with Crippen molar-refractivity contribution in [2.45, 2.75) is 70.9 Å². The van der Waals surface area contributed by atoms with Gasteiger partial charge in [0.1, 0.15) is 5.75 Å². The fraction of sp³-hybridized carbons (Fsp3) is 0.600. The first-order valence-electron chi connectivity index (χ1n) is 9.36. The Morgan fingerprint density at radius 3 is 2.00 bits per heavy atom. The molecule has 0 aliphatic heterocycles. The molecule has 0 aromatic heterocycles. The van der Waals surface area contributed by atoms with Crippen molar-refractivity contribution in [3.63, 3.8) is 0 Å². The molecule has 0 saturated heterocycles. The van der Waals surface area contributed by atoms with Crippen molar-refractivity contribution >= 4 is 11.9 Å². The summed E-state index contributed by atoms with van der Waals surface area (Å²) in [6.07, 6.45) is 4.75. The van der Waals surface area contributed by atoms with Crippen LogP contribution in [0.3, 0.4) is 0 Å². The van der Waals surface area contributed by atoms with E-state index in [-0.39, 0.29) is 17.3 Å². The number of carbonyl (C=O) groups is 2. The lowest BCUT2D eigenvalue weighted by Gasteiger charge is -2.08. The molecule has 0 amide bonds. The predicted octanol–water partition coefficient (Wildman–Crippen LogP) is 5.84. The van der Waals surface area contributed by atoms with Gasteiger partial charge in [-0.15, -0.1) is 0 Å². The fourth-order valence-electron chi connectivity index (χ4n) is 2.48. The lowest BCUT2D eigenvalue weighted by molar-refractivity contribution is -0.161. The smallest absolute Gasteiger partial charge is 0.422 e. The Morgan fingerprint density at radius 2 is 1.44 bits per heavy atom. The zero-order chi connectivity index (χ0) is 20.1. The molecule has 0 atom stereocenters. The second kappa shape index (κ2) is 12.4. The molecule has 152 valence electrons. The molecule has 27 heavy (non-hydrogen) atoms. The topological polar surface area (TPSA) is 52.6 Å². The number of hydrogen-bond donors (Lipinski definition) is 0. The average Bonchev–Trinajstić information content (AvgIpc) is 2.62. The molecule has 0 aliphatic rings. The lowest BCUT2D eigenvalue weighted by atomic mass is 10.1. The fourth-order valence-corrected chi connectivity index (χ4v) is 2.48. The Balaban J connectivity index is 2.24. The first-order valence-corrected chi connectivity index (χ1v) is 9.36. The van der Waals surface area contributed by atoms with Gasteiger partial charge in [-0.3, -0.25) is 4.79 Å². The van der Waals surface area contributed by atoms with E-state index in [1.54, 1.807) is 0 Å². The number of carbonyl (C=O) groups excluding carboxylic acids is 2. The molecule has 0 saturated carbocycles. The maximum atomic E-state index is 12.0. The summed E-state index contributed by atoms with van der Waals surface area (Å²) in [6, 6.07) is 5.24. The number of halogens is 3. The summed E-state index contributed by atoms with van der Waals surface area (Å²) in [4.78, 5) is 23.3. The van der Waals surface area contributed by atoms with Crippen LogP contribution in [0.2, 0.25) is 0 Å². The quantitative estimate of drug-likeness (QED) is 0.256. The summed E-state index contributed by atoms with van der Waals surface area (Å²) in [6.45, 7) is 0.542. The number of alkyl halides is 3. The largest absolute Gasteiger partial charge is 0.452 e. The third kappa shape index (κ3) is 11.3. The molecule has 0 unspecified atom stereocenters. The van der Waals surface area contributed by atoms with Crippen LogP contribution in [-0.4, -0.2) is 24.7 Å². The molecular weight excluding hydrogens is 361 g/mol. The maximum Gasteiger partial charge on any atom is 0.422 e. The van der Waals surface area contributed by atoms with Gasteiger partial charge in [0.25, 0.3) is 0 Å². The Morgan fingerprint density at radius 1 is 0.889 bits per heavy atom. The van der Waals surface area contributed by atoms with Gasteiger partial charge < -0.3 is 9.47 Å². The number of ether oxygens (including phenoxy) is 2. The highest BCUT2D eigenvalue weighted by molar-refractivity contribution is 5.89. The zero-order valence-corrected chi connectivity index (χ0v) is 15.6. The number of benzene rings is 1. The van der Waals surface area contributed by atoms with Crippen molar-refractivity contribution in [2.75, 3.05) is 6.61 Å². The van der Waals surface area contributed by atoms with Crippen LogP contribution in [0, 0.1) is 0 Å². The molecule has 1 rings (SSSR count). The van der Waals surface area contributed by atoms with E-state index in [9.17, 15) is 22.8 Å². The monoisotopic (exact) mass is 388 g/mol. The van der Waals surface area contributed by atoms with Gasteiger partial charge in [0.05, 0.1) is 5.56 Å². The van der Waals surface area contributed by atoms with Crippen LogP contribution in [0.5, 0.6) is 5.75 Å². The highest BCUT2D eigenvalue weighted by atomic mass is 19.4. The van der Waals surface area contributed by atoms with Gasteiger partial charge >= 0.3 is 18.1 Å². The highest BCUT2D eigenvalue weighted by Gasteiger charge is 2.29. The Labute approximate surface area is 158 Å². The van der Waals surface area contributed by atoms with Gasteiger partial charge in [-0.05, 0) is 30.7 Å². The Hall–Kier alpha value is -2.05. The minimum atomic E-state index is -4.57. The molecule has 0 heterocycles. The third-order valence-corrected chi connectivity index (χ3v) is 3.92. The van der Waals surface area contributed by atoms with Crippen molar-refractivity contribution in [3.8, 4) is 5.75 Å². The summed E-state index contributed by atoms with van der Waals surface area (Å²) in [5.74, 6) is -1.20. The van der Waals surface area contributed by atoms with Gasteiger partial charge in [0.15, 0.2) is 6.61 Å². The summed E-state index contributed by atoms with van der Waals surface area (Å²) in [7, 11) is 0. The van der Waals surface area contributed by atoms with Crippen LogP contribution in [0.1, 0.15) is 75.1 Å². The standard InChI is InChI=1S/C20H27F3O4/c1-2-3-4-5-6-7-8-9-10-18(24)27-17-13-11-16(12-14-17)19(25)26-15-20(21,22)23/h11-14H,2-10,15H2,1H3. The second-order valence-electron chi connectivity index (χ2n) is 6.41. The minimum absolute atomic E-state index is 0.0397. The molecular formula is C20H27F3O4. The first-order chi connectivity index (χ1) is 12.8. The summed E-state index contributed by atoms with van der Waals surface area (Å²) in [5, 5.41) is 0. The summed E-state index contributed by atoms with van der Waals surface area (Å²) >= 11 is 0. The van der Waals surface area contributed by atoms with Crippen molar-refractivity contribution in [1.82, 2.24) is 0 Å². The van der Waals surface area contributed by atoms with E-state index in [1.807, 2.05) is 0 Å². The van der Waals surface area contributed by atoms with Gasteiger partial charge in [0, 0.05) is 6.42 Å². The molecule has 1 aromatic carbocycles.